The van der Waals surface area contributed by atoms with E-state index in [9.17, 15) is 9.59 Å². The number of hydrogen-bond acceptors (Lipinski definition) is 4. The Morgan fingerprint density at radius 2 is 2.05 bits per heavy atom. The zero-order valence-electron chi connectivity index (χ0n) is 12.3. The highest BCUT2D eigenvalue weighted by atomic mass is 32.2. The Hall–Kier alpha value is -0.360. The van der Waals surface area contributed by atoms with Gasteiger partial charge in [-0.1, -0.05) is 13.8 Å². The van der Waals surface area contributed by atoms with Crippen LogP contribution in [0.3, 0.4) is 0 Å². The van der Waals surface area contributed by atoms with Gasteiger partial charge in [0.15, 0.2) is 0 Å². The summed E-state index contributed by atoms with van der Waals surface area (Å²) >= 11 is 3.93. The topological polar surface area (TPSA) is 49.4 Å². The molecule has 2 rings (SSSR count). The summed E-state index contributed by atoms with van der Waals surface area (Å²) in [7, 11) is 0. The van der Waals surface area contributed by atoms with Gasteiger partial charge in [0.25, 0.3) is 0 Å². The van der Waals surface area contributed by atoms with E-state index in [1.807, 2.05) is 42.3 Å². The van der Waals surface area contributed by atoms with E-state index >= 15 is 0 Å². The molecule has 0 aromatic rings. The molecule has 2 fully saturated rings. The quantitative estimate of drug-likeness (QED) is 0.858. The number of hydrogen-bond donors (Lipinski definition) is 1. The summed E-state index contributed by atoms with van der Waals surface area (Å²) in [6.45, 7) is 5.31. The van der Waals surface area contributed by atoms with Crippen molar-refractivity contribution in [2.24, 2.45) is 0 Å². The van der Waals surface area contributed by atoms with Gasteiger partial charge in [0.2, 0.25) is 11.8 Å². The van der Waals surface area contributed by atoms with Crippen LogP contribution >= 0.6 is 23.5 Å². The maximum absolute atomic E-state index is 12.8. The van der Waals surface area contributed by atoms with E-state index in [1.54, 1.807) is 0 Å². The van der Waals surface area contributed by atoms with Gasteiger partial charge in [-0.05, 0) is 12.8 Å². The molecule has 2 saturated heterocycles. The first-order valence-corrected chi connectivity index (χ1v) is 9.61. The minimum Gasteiger partial charge on any atom is -0.342 e. The molecule has 1 atom stereocenters. The lowest BCUT2D eigenvalue weighted by atomic mass is 9.91. The highest BCUT2D eigenvalue weighted by molar-refractivity contribution is 8.06. The smallest absolute Gasteiger partial charge is 0.248 e. The highest BCUT2D eigenvalue weighted by Crippen LogP contribution is 2.27. The summed E-state index contributed by atoms with van der Waals surface area (Å²) < 4.78 is 0. The summed E-state index contributed by atoms with van der Waals surface area (Å²) in [6, 6.07) is 0. The van der Waals surface area contributed by atoms with Crippen molar-refractivity contribution in [1.82, 2.24) is 10.2 Å². The normalized spacial score (nSPS) is 27.1. The molecule has 4 nitrogen and oxygen atoms in total. The number of thioether (sulfide) groups is 2. The molecule has 114 valence electrons. The molecule has 0 spiro atoms. The second kappa shape index (κ2) is 7.07. The number of carbonyl (C=O) groups excluding carboxylic acids is 2. The van der Waals surface area contributed by atoms with Crippen molar-refractivity contribution in [3.8, 4) is 0 Å². The summed E-state index contributed by atoms with van der Waals surface area (Å²) in [5, 5.41) is 3.48. The molecule has 0 radical (unpaired) electrons. The predicted octanol–water partition coefficient (Wildman–Crippen LogP) is 1.74. The summed E-state index contributed by atoms with van der Waals surface area (Å²) in [4.78, 5) is 26.7. The van der Waals surface area contributed by atoms with Gasteiger partial charge in [0, 0.05) is 42.0 Å². The lowest BCUT2D eigenvalue weighted by Crippen LogP contribution is -2.57. The molecule has 0 aromatic carbocycles. The van der Waals surface area contributed by atoms with E-state index in [2.05, 4.69) is 5.32 Å². The zero-order valence-corrected chi connectivity index (χ0v) is 13.9. The monoisotopic (exact) mass is 316 g/mol. The molecule has 2 aliphatic rings. The molecule has 0 aliphatic carbocycles. The third-order valence-electron chi connectivity index (χ3n) is 4.20. The number of nitrogens with zero attached hydrogens (tertiary/aromatic N) is 1. The Morgan fingerprint density at radius 3 is 2.65 bits per heavy atom. The standard InChI is InChI=1S/C14H24N2O2S2/c1-3-14(4-2)13(18)16(6-5-12(17)15-14)9-11-10-19-7-8-20-11/h11H,3-10H2,1-2H3,(H,15,17). The Labute approximate surface area is 129 Å². The molecule has 0 bridgehead atoms. The van der Waals surface area contributed by atoms with Crippen LogP contribution in [0.4, 0.5) is 0 Å². The van der Waals surface area contributed by atoms with Crippen LogP contribution in [0, 0.1) is 0 Å². The Balaban J connectivity index is 2.10. The van der Waals surface area contributed by atoms with Crippen molar-refractivity contribution in [3.63, 3.8) is 0 Å². The fourth-order valence-corrected chi connectivity index (χ4v) is 5.50. The van der Waals surface area contributed by atoms with Crippen LogP contribution in [0.5, 0.6) is 0 Å². The Bertz CT molecular complexity index is 366. The van der Waals surface area contributed by atoms with Crippen LogP contribution in [0.15, 0.2) is 0 Å². The van der Waals surface area contributed by atoms with E-state index in [-0.39, 0.29) is 11.8 Å². The van der Waals surface area contributed by atoms with Gasteiger partial charge < -0.3 is 10.2 Å². The molecular formula is C14H24N2O2S2. The van der Waals surface area contributed by atoms with Crippen molar-refractivity contribution in [1.29, 1.82) is 0 Å². The average Bonchev–Trinajstić information content (AvgIpc) is 2.60. The molecule has 0 aromatic heterocycles. The average molecular weight is 316 g/mol. The van der Waals surface area contributed by atoms with Crippen LogP contribution in [0.25, 0.3) is 0 Å². The van der Waals surface area contributed by atoms with Crippen molar-refractivity contribution in [2.75, 3.05) is 30.3 Å². The van der Waals surface area contributed by atoms with Crippen LogP contribution in [0.1, 0.15) is 33.1 Å². The molecule has 2 heterocycles. The lowest BCUT2D eigenvalue weighted by molar-refractivity contribution is -0.139. The van der Waals surface area contributed by atoms with Crippen LogP contribution in [0.2, 0.25) is 0 Å². The molecule has 0 saturated carbocycles. The first-order chi connectivity index (χ1) is 9.61. The maximum Gasteiger partial charge on any atom is 0.248 e. The first-order valence-electron chi connectivity index (χ1n) is 7.41. The summed E-state index contributed by atoms with van der Waals surface area (Å²) in [5.41, 5.74) is -0.680. The van der Waals surface area contributed by atoms with Gasteiger partial charge in [-0.3, -0.25) is 9.59 Å². The Morgan fingerprint density at radius 1 is 1.30 bits per heavy atom. The van der Waals surface area contributed by atoms with Gasteiger partial charge in [-0.25, -0.2) is 0 Å². The number of carbonyl (C=O) groups is 2. The molecular weight excluding hydrogens is 292 g/mol. The van der Waals surface area contributed by atoms with E-state index in [1.165, 1.54) is 11.5 Å². The molecule has 20 heavy (non-hydrogen) atoms. The van der Waals surface area contributed by atoms with Crippen molar-refractivity contribution >= 4 is 35.3 Å². The fraction of sp³-hybridized carbons (Fsp3) is 0.857. The van der Waals surface area contributed by atoms with Crippen LogP contribution in [-0.2, 0) is 9.59 Å². The van der Waals surface area contributed by atoms with E-state index in [4.69, 9.17) is 0 Å². The lowest BCUT2D eigenvalue weighted by Gasteiger charge is -2.35. The second-order valence-corrected chi connectivity index (χ2v) is 7.96. The first kappa shape index (κ1) is 16.0. The third-order valence-corrected chi connectivity index (χ3v) is 7.03. The molecule has 6 heteroatoms. The molecule has 1 unspecified atom stereocenters. The van der Waals surface area contributed by atoms with Gasteiger partial charge in [-0.15, -0.1) is 0 Å². The summed E-state index contributed by atoms with van der Waals surface area (Å²) in [6.07, 6.45) is 1.76. The van der Waals surface area contributed by atoms with Crippen molar-refractivity contribution in [3.05, 3.63) is 0 Å². The van der Waals surface area contributed by atoms with Gasteiger partial charge in [0.1, 0.15) is 5.54 Å². The zero-order chi connectivity index (χ0) is 14.6. The second-order valence-electron chi connectivity index (χ2n) is 5.41. The van der Waals surface area contributed by atoms with E-state index in [0.29, 0.717) is 31.1 Å². The fourth-order valence-electron chi connectivity index (χ4n) is 2.81. The largest absolute Gasteiger partial charge is 0.342 e. The molecule has 2 amide bonds. The molecule has 1 N–H and O–H groups in total. The van der Waals surface area contributed by atoms with Crippen LogP contribution in [-0.4, -0.2) is 57.9 Å². The van der Waals surface area contributed by atoms with Crippen molar-refractivity contribution in [2.45, 2.75) is 43.9 Å². The van der Waals surface area contributed by atoms with Gasteiger partial charge >= 0.3 is 0 Å². The summed E-state index contributed by atoms with van der Waals surface area (Å²) in [5.74, 6) is 3.62. The van der Waals surface area contributed by atoms with E-state index in [0.717, 1.165) is 12.3 Å². The third kappa shape index (κ3) is 3.45. The van der Waals surface area contributed by atoms with Gasteiger partial charge in [0.05, 0.1) is 0 Å². The number of nitrogens with one attached hydrogen (secondary N) is 1. The van der Waals surface area contributed by atoms with Gasteiger partial charge in [-0.2, -0.15) is 23.5 Å². The number of amides is 2. The Kier molecular flexibility index (Phi) is 5.66. The minimum absolute atomic E-state index is 0.00947. The van der Waals surface area contributed by atoms with Crippen molar-refractivity contribution < 1.29 is 9.59 Å². The van der Waals surface area contributed by atoms with E-state index < -0.39 is 5.54 Å². The SMILES string of the molecule is CCC1(CC)NC(=O)CCN(CC2CSCCS2)C1=O. The maximum atomic E-state index is 12.8. The predicted molar refractivity (Wildman–Crippen MR) is 86.2 cm³/mol. The molecule has 2 aliphatic heterocycles. The number of rotatable bonds is 4. The highest BCUT2D eigenvalue weighted by Gasteiger charge is 2.42. The minimum atomic E-state index is -0.680. The van der Waals surface area contributed by atoms with Crippen LogP contribution < -0.4 is 5.32 Å².